The van der Waals surface area contributed by atoms with Gasteiger partial charge in [0.1, 0.15) is 18.2 Å². The van der Waals surface area contributed by atoms with E-state index in [2.05, 4.69) is 10.6 Å². The van der Waals surface area contributed by atoms with Gasteiger partial charge in [-0.2, -0.15) is 0 Å². The number of nitrogens with one attached hydrogen (secondary N) is 2. The minimum absolute atomic E-state index is 0.0605. The van der Waals surface area contributed by atoms with Crippen molar-refractivity contribution in [3.63, 3.8) is 0 Å². The van der Waals surface area contributed by atoms with Gasteiger partial charge in [-0.05, 0) is 72.5 Å². The van der Waals surface area contributed by atoms with Gasteiger partial charge in [-0.3, -0.25) is 9.59 Å². The highest BCUT2D eigenvalue weighted by Gasteiger charge is 2.26. The summed E-state index contributed by atoms with van der Waals surface area (Å²) in [5.74, 6) is -0.379. The van der Waals surface area contributed by atoms with Crippen molar-refractivity contribution < 1.29 is 18.7 Å². The summed E-state index contributed by atoms with van der Waals surface area (Å²) in [4.78, 5) is 25.1. The van der Waals surface area contributed by atoms with Crippen molar-refractivity contribution in [3.05, 3.63) is 94.8 Å². The molecule has 6 heteroatoms. The first kappa shape index (κ1) is 20.6. The summed E-state index contributed by atoms with van der Waals surface area (Å²) in [6.45, 7) is 2.81. The van der Waals surface area contributed by atoms with E-state index in [0.29, 0.717) is 36.6 Å². The van der Waals surface area contributed by atoms with Gasteiger partial charge >= 0.3 is 0 Å². The molecule has 0 spiro atoms. The molecule has 0 radical (unpaired) electrons. The zero-order chi connectivity index (χ0) is 21.8. The van der Waals surface area contributed by atoms with Gasteiger partial charge in [0.25, 0.3) is 5.91 Å². The van der Waals surface area contributed by atoms with E-state index in [1.165, 1.54) is 24.3 Å². The number of ether oxygens (including phenoxy) is 1. The Morgan fingerprint density at radius 2 is 1.84 bits per heavy atom. The predicted molar refractivity (Wildman–Crippen MR) is 117 cm³/mol. The van der Waals surface area contributed by atoms with Crippen LogP contribution in [-0.2, 0) is 17.8 Å². The van der Waals surface area contributed by atoms with E-state index in [9.17, 15) is 14.0 Å². The van der Waals surface area contributed by atoms with E-state index in [1.807, 2.05) is 37.3 Å². The maximum absolute atomic E-state index is 13.1. The Morgan fingerprint density at radius 1 is 1.06 bits per heavy atom. The van der Waals surface area contributed by atoms with Gasteiger partial charge in [0.15, 0.2) is 0 Å². The molecule has 3 aromatic carbocycles. The molecule has 0 saturated carbocycles. The SMILES string of the molecule is Cc1ccccc1CNC(=O)[C@@H]1COc2ccc(NC(=O)c3ccc(F)cc3)cc2C1. The van der Waals surface area contributed by atoms with Gasteiger partial charge in [-0.1, -0.05) is 24.3 Å². The molecule has 1 aliphatic rings. The number of aryl methyl sites for hydroxylation is 1. The van der Waals surface area contributed by atoms with Crippen molar-refractivity contribution in [1.82, 2.24) is 5.32 Å². The van der Waals surface area contributed by atoms with Gasteiger partial charge in [0, 0.05) is 17.8 Å². The Hall–Kier alpha value is -3.67. The van der Waals surface area contributed by atoms with E-state index in [-0.39, 0.29) is 17.7 Å². The first-order valence-electron chi connectivity index (χ1n) is 10.1. The molecule has 0 aromatic heterocycles. The maximum Gasteiger partial charge on any atom is 0.255 e. The third-order valence-corrected chi connectivity index (χ3v) is 5.42. The molecule has 0 aliphatic carbocycles. The summed E-state index contributed by atoms with van der Waals surface area (Å²) in [6.07, 6.45) is 0.523. The number of carbonyl (C=O) groups excluding carboxylic acids is 2. The molecular weight excluding hydrogens is 395 g/mol. The Labute approximate surface area is 180 Å². The molecule has 0 fully saturated rings. The van der Waals surface area contributed by atoms with Crippen molar-refractivity contribution in [3.8, 4) is 5.75 Å². The lowest BCUT2D eigenvalue weighted by molar-refractivity contribution is -0.126. The summed E-state index contributed by atoms with van der Waals surface area (Å²) in [5, 5.41) is 5.80. The van der Waals surface area contributed by atoms with Gasteiger partial charge in [0.2, 0.25) is 5.91 Å². The molecule has 0 saturated heterocycles. The summed E-state index contributed by atoms with van der Waals surface area (Å²) in [5.41, 5.74) is 4.04. The van der Waals surface area contributed by atoms with E-state index in [0.717, 1.165) is 16.7 Å². The molecule has 4 rings (SSSR count). The Morgan fingerprint density at radius 3 is 2.61 bits per heavy atom. The van der Waals surface area contributed by atoms with E-state index in [1.54, 1.807) is 12.1 Å². The van der Waals surface area contributed by atoms with Crippen molar-refractivity contribution in [2.24, 2.45) is 5.92 Å². The fourth-order valence-electron chi connectivity index (χ4n) is 3.58. The number of carbonyl (C=O) groups is 2. The number of fused-ring (bicyclic) bond motifs is 1. The van der Waals surface area contributed by atoms with Crippen LogP contribution in [0.4, 0.5) is 10.1 Å². The number of benzene rings is 3. The van der Waals surface area contributed by atoms with Crippen molar-refractivity contribution >= 4 is 17.5 Å². The number of anilines is 1. The standard InChI is InChI=1S/C25H23FN2O3/c1-16-4-2-3-5-18(16)14-27-24(29)20-12-19-13-22(10-11-23(19)31-15-20)28-25(30)17-6-8-21(26)9-7-17/h2-11,13,20H,12,14-15H2,1H3,(H,27,29)(H,28,30)/t20-/m0/s1. The molecule has 1 aliphatic heterocycles. The van der Waals surface area contributed by atoms with Crippen LogP contribution >= 0.6 is 0 Å². The zero-order valence-corrected chi connectivity index (χ0v) is 17.2. The fraction of sp³-hybridized carbons (Fsp3) is 0.200. The first-order valence-corrected chi connectivity index (χ1v) is 10.1. The molecule has 0 bridgehead atoms. The van der Waals surface area contributed by atoms with E-state index >= 15 is 0 Å². The van der Waals surface area contributed by atoms with Crippen LogP contribution in [0.25, 0.3) is 0 Å². The van der Waals surface area contributed by atoms with Crippen LogP contribution in [0.15, 0.2) is 66.7 Å². The van der Waals surface area contributed by atoms with Gasteiger partial charge in [0.05, 0.1) is 5.92 Å². The van der Waals surface area contributed by atoms with Gasteiger partial charge in [-0.25, -0.2) is 4.39 Å². The van der Waals surface area contributed by atoms with Crippen molar-refractivity contribution in [1.29, 1.82) is 0 Å². The molecule has 1 atom stereocenters. The number of hydrogen-bond acceptors (Lipinski definition) is 3. The molecule has 3 aromatic rings. The lowest BCUT2D eigenvalue weighted by Crippen LogP contribution is -2.37. The van der Waals surface area contributed by atoms with Gasteiger partial charge in [-0.15, -0.1) is 0 Å². The molecule has 2 N–H and O–H groups in total. The molecule has 0 unspecified atom stereocenters. The molecule has 31 heavy (non-hydrogen) atoms. The zero-order valence-electron chi connectivity index (χ0n) is 17.2. The minimum atomic E-state index is -0.394. The van der Waals surface area contributed by atoms with Crippen LogP contribution in [0.3, 0.4) is 0 Å². The fourth-order valence-corrected chi connectivity index (χ4v) is 3.58. The largest absolute Gasteiger partial charge is 0.492 e. The summed E-state index contributed by atoms with van der Waals surface area (Å²) < 4.78 is 18.8. The average molecular weight is 418 g/mol. The third kappa shape index (κ3) is 4.91. The maximum atomic E-state index is 13.1. The second kappa shape index (κ2) is 9.00. The number of amides is 2. The topological polar surface area (TPSA) is 67.4 Å². The van der Waals surface area contributed by atoms with Crippen LogP contribution in [0, 0.1) is 18.7 Å². The van der Waals surface area contributed by atoms with Crippen molar-refractivity contribution in [2.75, 3.05) is 11.9 Å². The predicted octanol–water partition coefficient (Wildman–Crippen LogP) is 4.25. The monoisotopic (exact) mass is 418 g/mol. The van der Waals surface area contributed by atoms with Crippen LogP contribution in [-0.4, -0.2) is 18.4 Å². The van der Waals surface area contributed by atoms with Crippen molar-refractivity contribution in [2.45, 2.75) is 19.9 Å². The quantitative estimate of drug-likeness (QED) is 0.651. The van der Waals surface area contributed by atoms with Crippen LogP contribution in [0.2, 0.25) is 0 Å². The highest BCUT2D eigenvalue weighted by atomic mass is 19.1. The third-order valence-electron chi connectivity index (χ3n) is 5.42. The Balaban J connectivity index is 1.40. The van der Waals surface area contributed by atoms with Crippen LogP contribution in [0.5, 0.6) is 5.75 Å². The molecule has 1 heterocycles. The lowest BCUT2D eigenvalue weighted by atomic mass is 9.95. The van der Waals surface area contributed by atoms with Gasteiger partial charge < -0.3 is 15.4 Å². The van der Waals surface area contributed by atoms with E-state index in [4.69, 9.17) is 4.74 Å². The average Bonchev–Trinajstić information content (AvgIpc) is 2.78. The van der Waals surface area contributed by atoms with E-state index < -0.39 is 5.82 Å². The Bertz CT molecular complexity index is 1110. The molecule has 2 amide bonds. The Kier molecular flexibility index (Phi) is 5.98. The minimum Gasteiger partial charge on any atom is -0.492 e. The molecular formula is C25H23FN2O3. The molecule has 158 valence electrons. The normalized spacial score (nSPS) is 14.8. The van der Waals surface area contributed by atoms with Crippen LogP contribution < -0.4 is 15.4 Å². The summed E-state index contributed by atoms with van der Waals surface area (Å²) in [6, 6.07) is 18.7. The molecule has 5 nitrogen and oxygen atoms in total. The highest BCUT2D eigenvalue weighted by Crippen LogP contribution is 2.30. The first-order chi connectivity index (χ1) is 15.0. The van der Waals surface area contributed by atoms with Crippen LogP contribution in [0.1, 0.15) is 27.0 Å². The lowest BCUT2D eigenvalue weighted by Gasteiger charge is -2.25. The summed E-state index contributed by atoms with van der Waals surface area (Å²) in [7, 11) is 0. The summed E-state index contributed by atoms with van der Waals surface area (Å²) >= 11 is 0. The smallest absolute Gasteiger partial charge is 0.255 e. The number of hydrogen-bond donors (Lipinski definition) is 2. The highest BCUT2D eigenvalue weighted by molar-refractivity contribution is 6.04. The second-order valence-electron chi connectivity index (χ2n) is 7.64. The number of rotatable bonds is 5. The number of halogens is 1. The second-order valence-corrected chi connectivity index (χ2v) is 7.64.